The van der Waals surface area contributed by atoms with Gasteiger partial charge in [0.15, 0.2) is 6.61 Å². The molecule has 7 nitrogen and oxygen atoms in total. The van der Waals surface area contributed by atoms with Crippen molar-refractivity contribution >= 4 is 11.9 Å². The zero-order valence-corrected chi connectivity index (χ0v) is 15.7. The Labute approximate surface area is 168 Å². The summed E-state index contributed by atoms with van der Waals surface area (Å²) < 4.78 is 47.7. The molecule has 0 bridgehead atoms. The lowest BCUT2D eigenvalue weighted by atomic mass is 10.1. The molecule has 3 rings (SSSR count). The zero-order chi connectivity index (χ0) is 21.7. The third-order valence-electron chi connectivity index (χ3n) is 4.00. The molecule has 1 N–H and O–H groups in total. The van der Waals surface area contributed by atoms with Crippen molar-refractivity contribution in [3.05, 3.63) is 71.1 Å². The van der Waals surface area contributed by atoms with Crippen LogP contribution in [0.15, 0.2) is 53.1 Å². The monoisotopic (exact) mass is 419 g/mol. The van der Waals surface area contributed by atoms with Crippen LogP contribution < -0.4 is 5.32 Å². The molecule has 1 amide bonds. The maximum absolute atomic E-state index is 12.6. The van der Waals surface area contributed by atoms with E-state index in [0.29, 0.717) is 11.1 Å². The lowest BCUT2D eigenvalue weighted by molar-refractivity contribution is -0.144. The molecule has 0 saturated heterocycles. The van der Waals surface area contributed by atoms with Gasteiger partial charge in [0.25, 0.3) is 11.8 Å². The number of hydrogen-bond acceptors (Lipinski definition) is 6. The second-order valence-electron chi connectivity index (χ2n) is 6.30. The molecule has 0 aliphatic heterocycles. The first-order valence-electron chi connectivity index (χ1n) is 8.73. The van der Waals surface area contributed by atoms with Gasteiger partial charge in [-0.15, -0.1) is 0 Å². The third kappa shape index (κ3) is 5.43. The summed E-state index contributed by atoms with van der Waals surface area (Å²) in [5, 5.41) is 6.08. The van der Waals surface area contributed by atoms with E-state index in [2.05, 4.69) is 15.5 Å². The predicted molar refractivity (Wildman–Crippen MR) is 98.0 cm³/mol. The van der Waals surface area contributed by atoms with Crippen LogP contribution >= 0.6 is 0 Å². The Kier molecular flexibility index (Phi) is 6.14. The van der Waals surface area contributed by atoms with E-state index >= 15 is 0 Å². The molecule has 1 heterocycles. The van der Waals surface area contributed by atoms with Crippen molar-refractivity contribution in [2.24, 2.45) is 0 Å². The number of carbonyl (C=O) groups excluding carboxylic acids is 2. The van der Waals surface area contributed by atoms with Crippen LogP contribution in [0.4, 0.5) is 13.2 Å². The number of amides is 1. The Morgan fingerprint density at radius 2 is 1.73 bits per heavy atom. The molecule has 0 unspecified atom stereocenters. The molecule has 156 valence electrons. The standard InChI is InChI=1S/C20H16F3N3O4/c1-12-2-4-14(5-3-12)19(28)24-10-17(27)29-11-16-25-18(26-30-16)13-6-8-15(9-7-13)20(21,22)23/h2-9H,10-11H2,1H3,(H,24,28). The topological polar surface area (TPSA) is 94.3 Å². The lowest BCUT2D eigenvalue weighted by Crippen LogP contribution is -2.30. The Balaban J connectivity index is 1.49. The number of alkyl halides is 3. The van der Waals surface area contributed by atoms with E-state index in [1.165, 1.54) is 12.1 Å². The summed E-state index contributed by atoms with van der Waals surface area (Å²) in [5.41, 5.74) is 0.930. The molecule has 0 atom stereocenters. The summed E-state index contributed by atoms with van der Waals surface area (Å²) in [4.78, 5) is 27.7. The first kappa shape index (κ1) is 21.0. The zero-order valence-electron chi connectivity index (χ0n) is 15.7. The maximum Gasteiger partial charge on any atom is 0.416 e. The fourth-order valence-corrected chi connectivity index (χ4v) is 2.39. The summed E-state index contributed by atoms with van der Waals surface area (Å²) in [6.45, 7) is 1.19. The van der Waals surface area contributed by atoms with Gasteiger partial charge in [-0.3, -0.25) is 9.59 Å². The number of nitrogens with zero attached hydrogens (tertiary/aromatic N) is 2. The van der Waals surface area contributed by atoms with Gasteiger partial charge in [0.05, 0.1) is 5.56 Å². The summed E-state index contributed by atoms with van der Waals surface area (Å²) in [6.07, 6.45) is -4.44. The first-order valence-corrected chi connectivity index (χ1v) is 8.73. The first-order chi connectivity index (χ1) is 14.2. The number of benzene rings is 2. The van der Waals surface area contributed by atoms with Gasteiger partial charge < -0.3 is 14.6 Å². The molecule has 2 aromatic carbocycles. The van der Waals surface area contributed by atoms with Crippen LogP contribution in [-0.4, -0.2) is 28.6 Å². The minimum absolute atomic E-state index is 0.0388. The van der Waals surface area contributed by atoms with Gasteiger partial charge in [0.1, 0.15) is 6.54 Å². The number of carbonyl (C=O) groups is 2. The molecular formula is C20H16F3N3O4. The molecule has 0 aliphatic carbocycles. The van der Waals surface area contributed by atoms with Crippen molar-refractivity contribution in [2.45, 2.75) is 19.7 Å². The van der Waals surface area contributed by atoms with Crippen LogP contribution in [0.5, 0.6) is 0 Å². The molecule has 1 aromatic heterocycles. The molecule has 0 saturated carbocycles. The molecule has 0 aliphatic rings. The van der Waals surface area contributed by atoms with Crippen molar-refractivity contribution in [3.63, 3.8) is 0 Å². The number of esters is 1. The highest BCUT2D eigenvalue weighted by Crippen LogP contribution is 2.30. The van der Waals surface area contributed by atoms with Crippen molar-refractivity contribution in [3.8, 4) is 11.4 Å². The van der Waals surface area contributed by atoms with Gasteiger partial charge in [0.2, 0.25) is 5.82 Å². The second kappa shape index (κ2) is 8.76. The second-order valence-corrected chi connectivity index (χ2v) is 6.30. The number of nitrogens with one attached hydrogen (secondary N) is 1. The molecule has 10 heteroatoms. The highest BCUT2D eigenvalue weighted by molar-refractivity contribution is 5.95. The van der Waals surface area contributed by atoms with Crippen molar-refractivity contribution < 1.29 is 32.0 Å². The van der Waals surface area contributed by atoms with Crippen LogP contribution in [0.25, 0.3) is 11.4 Å². The summed E-state index contributed by atoms with van der Waals surface area (Å²) in [7, 11) is 0. The van der Waals surface area contributed by atoms with Gasteiger partial charge in [0, 0.05) is 11.1 Å². The fourth-order valence-electron chi connectivity index (χ4n) is 2.39. The Bertz CT molecular complexity index is 1030. The molecular weight excluding hydrogens is 403 g/mol. The quantitative estimate of drug-likeness (QED) is 0.615. The number of ether oxygens (including phenoxy) is 1. The highest BCUT2D eigenvalue weighted by Gasteiger charge is 2.30. The van der Waals surface area contributed by atoms with Gasteiger partial charge in [-0.05, 0) is 31.2 Å². The van der Waals surface area contributed by atoms with E-state index in [1.54, 1.807) is 24.3 Å². The Morgan fingerprint density at radius 1 is 1.07 bits per heavy atom. The molecule has 3 aromatic rings. The lowest BCUT2D eigenvalue weighted by Gasteiger charge is -2.06. The summed E-state index contributed by atoms with van der Waals surface area (Å²) >= 11 is 0. The largest absolute Gasteiger partial charge is 0.454 e. The average Bonchev–Trinajstić information content (AvgIpc) is 3.19. The third-order valence-corrected chi connectivity index (χ3v) is 4.00. The van der Waals surface area contributed by atoms with Crippen LogP contribution in [0, 0.1) is 6.92 Å². The normalized spacial score (nSPS) is 11.2. The minimum atomic E-state index is -4.44. The number of aromatic nitrogens is 2. The van der Waals surface area contributed by atoms with Crippen LogP contribution in [0.1, 0.15) is 27.4 Å². The van der Waals surface area contributed by atoms with Crippen LogP contribution in [0.3, 0.4) is 0 Å². The van der Waals surface area contributed by atoms with Crippen molar-refractivity contribution in [2.75, 3.05) is 6.54 Å². The van der Waals surface area contributed by atoms with Crippen LogP contribution in [0.2, 0.25) is 0 Å². The number of hydrogen-bond donors (Lipinski definition) is 1. The van der Waals surface area contributed by atoms with Crippen LogP contribution in [-0.2, 0) is 22.3 Å². The van der Waals surface area contributed by atoms with E-state index in [4.69, 9.17) is 9.26 Å². The molecule has 30 heavy (non-hydrogen) atoms. The smallest absolute Gasteiger partial charge is 0.416 e. The Morgan fingerprint density at radius 3 is 2.37 bits per heavy atom. The van der Waals surface area contributed by atoms with Gasteiger partial charge in [-0.2, -0.15) is 18.2 Å². The predicted octanol–water partition coefficient (Wildman–Crippen LogP) is 3.54. The van der Waals surface area contributed by atoms with E-state index in [9.17, 15) is 22.8 Å². The molecule has 0 fully saturated rings. The average molecular weight is 419 g/mol. The van der Waals surface area contributed by atoms with E-state index in [-0.39, 0.29) is 24.9 Å². The molecule has 0 radical (unpaired) electrons. The van der Waals surface area contributed by atoms with E-state index in [0.717, 1.165) is 17.7 Å². The minimum Gasteiger partial charge on any atom is -0.454 e. The summed E-state index contributed by atoms with van der Waals surface area (Å²) in [6, 6.07) is 11.1. The number of rotatable bonds is 6. The summed E-state index contributed by atoms with van der Waals surface area (Å²) in [5.74, 6) is -1.12. The van der Waals surface area contributed by atoms with E-state index in [1.807, 2.05) is 6.92 Å². The van der Waals surface area contributed by atoms with Crippen molar-refractivity contribution in [1.29, 1.82) is 0 Å². The van der Waals surface area contributed by atoms with Gasteiger partial charge >= 0.3 is 12.1 Å². The van der Waals surface area contributed by atoms with E-state index < -0.39 is 23.6 Å². The highest BCUT2D eigenvalue weighted by atomic mass is 19.4. The van der Waals surface area contributed by atoms with Crippen molar-refractivity contribution in [1.82, 2.24) is 15.5 Å². The molecule has 0 spiro atoms. The van der Waals surface area contributed by atoms with Gasteiger partial charge in [-0.25, -0.2) is 0 Å². The van der Waals surface area contributed by atoms with Gasteiger partial charge in [-0.1, -0.05) is 35.0 Å². The number of aryl methyl sites for hydroxylation is 1. The fraction of sp³-hybridized carbons (Fsp3) is 0.200. The SMILES string of the molecule is Cc1ccc(C(=O)NCC(=O)OCc2nc(-c3ccc(C(F)(F)F)cc3)no2)cc1. The maximum atomic E-state index is 12.6. The number of halogens is 3. The Hall–Kier alpha value is -3.69.